The van der Waals surface area contributed by atoms with E-state index in [4.69, 9.17) is 16.3 Å². The molecular weight excluding hydrogens is 436 g/mol. The molecule has 1 unspecified atom stereocenters. The van der Waals surface area contributed by atoms with Crippen molar-refractivity contribution < 1.29 is 14.3 Å². The number of anilines is 1. The van der Waals surface area contributed by atoms with E-state index >= 15 is 0 Å². The SMILES string of the molecule is CCOc1ccc(C(=O)N2CCCC2c2nnc(C(=O)Nc3cccc(Cl)c3)s2)cc1. The van der Waals surface area contributed by atoms with Crippen molar-refractivity contribution in [3.8, 4) is 5.75 Å². The van der Waals surface area contributed by atoms with Crippen LogP contribution in [0.4, 0.5) is 5.69 Å². The van der Waals surface area contributed by atoms with Gasteiger partial charge in [0.2, 0.25) is 5.01 Å². The molecule has 31 heavy (non-hydrogen) atoms. The number of rotatable bonds is 6. The van der Waals surface area contributed by atoms with Gasteiger partial charge >= 0.3 is 0 Å². The van der Waals surface area contributed by atoms with Gasteiger partial charge in [-0.2, -0.15) is 0 Å². The second kappa shape index (κ2) is 9.45. The van der Waals surface area contributed by atoms with Crippen LogP contribution in [0.2, 0.25) is 5.02 Å². The van der Waals surface area contributed by atoms with Gasteiger partial charge in [-0.05, 0) is 62.2 Å². The molecule has 0 bridgehead atoms. The van der Waals surface area contributed by atoms with Crippen LogP contribution in [0.15, 0.2) is 48.5 Å². The summed E-state index contributed by atoms with van der Waals surface area (Å²) in [6, 6.07) is 13.8. The van der Waals surface area contributed by atoms with E-state index in [0.29, 0.717) is 34.4 Å². The standard InChI is InChI=1S/C22H21ClN4O3S/c1-2-30-17-10-8-14(9-11-17)22(29)27-12-4-7-18(27)20-25-26-21(31-20)19(28)24-16-6-3-5-15(23)13-16/h3,5-6,8-11,13,18H,2,4,7,12H2,1H3,(H,24,28). The fourth-order valence-corrected chi connectivity index (χ4v) is 4.58. The molecule has 2 aromatic carbocycles. The number of halogens is 1. The highest BCUT2D eigenvalue weighted by Crippen LogP contribution is 2.35. The van der Waals surface area contributed by atoms with Gasteiger partial charge in [-0.1, -0.05) is 29.0 Å². The maximum Gasteiger partial charge on any atom is 0.286 e. The number of likely N-dealkylation sites (tertiary alicyclic amines) is 1. The van der Waals surface area contributed by atoms with Crippen molar-refractivity contribution in [2.75, 3.05) is 18.5 Å². The van der Waals surface area contributed by atoms with E-state index in [1.54, 1.807) is 53.4 Å². The van der Waals surface area contributed by atoms with E-state index in [0.717, 1.165) is 18.6 Å². The Balaban J connectivity index is 1.47. The number of carbonyl (C=O) groups excluding carboxylic acids is 2. The first-order valence-electron chi connectivity index (χ1n) is 9.99. The lowest BCUT2D eigenvalue weighted by molar-refractivity contribution is 0.0735. The van der Waals surface area contributed by atoms with Gasteiger partial charge in [-0.25, -0.2) is 0 Å². The molecule has 7 nitrogen and oxygen atoms in total. The van der Waals surface area contributed by atoms with E-state index in [2.05, 4.69) is 15.5 Å². The predicted molar refractivity (Wildman–Crippen MR) is 120 cm³/mol. The van der Waals surface area contributed by atoms with Crippen molar-refractivity contribution in [1.29, 1.82) is 0 Å². The minimum Gasteiger partial charge on any atom is -0.494 e. The number of ether oxygens (including phenoxy) is 1. The Morgan fingerprint density at radius 1 is 1.23 bits per heavy atom. The van der Waals surface area contributed by atoms with E-state index in [-0.39, 0.29) is 22.9 Å². The first-order valence-corrected chi connectivity index (χ1v) is 11.2. The maximum absolute atomic E-state index is 13.1. The minimum atomic E-state index is -0.353. The van der Waals surface area contributed by atoms with Crippen LogP contribution in [-0.2, 0) is 0 Å². The zero-order valence-corrected chi connectivity index (χ0v) is 18.4. The molecule has 2 heterocycles. The summed E-state index contributed by atoms with van der Waals surface area (Å²) in [5.41, 5.74) is 1.18. The van der Waals surface area contributed by atoms with Crippen molar-refractivity contribution in [3.05, 3.63) is 69.1 Å². The Bertz CT molecular complexity index is 1090. The van der Waals surface area contributed by atoms with E-state index in [1.807, 2.05) is 6.92 Å². The Labute approximate surface area is 189 Å². The lowest BCUT2D eigenvalue weighted by atomic mass is 10.1. The third-order valence-electron chi connectivity index (χ3n) is 4.93. The quantitative estimate of drug-likeness (QED) is 0.574. The summed E-state index contributed by atoms with van der Waals surface area (Å²) in [5, 5.41) is 12.5. The monoisotopic (exact) mass is 456 g/mol. The van der Waals surface area contributed by atoms with Crippen molar-refractivity contribution in [2.45, 2.75) is 25.8 Å². The molecule has 1 aliphatic heterocycles. The number of carbonyl (C=O) groups is 2. The maximum atomic E-state index is 13.1. The fourth-order valence-electron chi connectivity index (χ4n) is 3.50. The molecule has 4 rings (SSSR count). The van der Waals surface area contributed by atoms with Gasteiger partial charge in [0.15, 0.2) is 0 Å². The highest BCUT2D eigenvalue weighted by molar-refractivity contribution is 7.13. The smallest absolute Gasteiger partial charge is 0.286 e. The molecule has 1 atom stereocenters. The molecule has 3 aromatic rings. The molecule has 0 spiro atoms. The molecule has 9 heteroatoms. The lowest BCUT2D eigenvalue weighted by Crippen LogP contribution is -2.30. The number of amides is 2. The summed E-state index contributed by atoms with van der Waals surface area (Å²) in [4.78, 5) is 27.4. The first-order chi connectivity index (χ1) is 15.0. The van der Waals surface area contributed by atoms with Gasteiger partial charge in [0.05, 0.1) is 12.6 Å². The molecule has 0 radical (unpaired) electrons. The van der Waals surface area contributed by atoms with Crippen LogP contribution < -0.4 is 10.1 Å². The molecule has 1 saturated heterocycles. The van der Waals surface area contributed by atoms with Crippen molar-refractivity contribution >= 4 is 40.4 Å². The highest BCUT2D eigenvalue weighted by Gasteiger charge is 2.33. The van der Waals surface area contributed by atoms with Crippen LogP contribution in [0.25, 0.3) is 0 Å². The van der Waals surface area contributed by atoms with Gasteiger partial charge in [0.1, 0.15) is 10.8 Å². The second-order valence-corrected chi connectivity index (χ2v) is 8.47. The molecular formula is C22H21ClN4O3S. The lowest BCUT2D eigenvalue weighted by Gasteiger charge is -2.22. The average Bonchev–Trinajstić information content (AvgIpc) is 3.44. The number of nitrogens with zero attached hydrogens (tertiary/aromatic N) is 3. The molecule has 1 aliphatic rings. The topological polar surface area (TPSA) is 84.4 Å². The summed E-state index contributed by atoms with van der Waals surface area (Å²) in [6.07, 6.45) is 1.66. The van der Waals surface area contributed by atoms with Crippen molar-refractivity contribution in [1.82, 2.24) is 15.1 Å². The molecule has 1 N–H and O–H groups in total. The zero-order chi connectivity index (χ0) is 21.8. The van der Waals surface area contributed by atoms with Gasteiger partial charge in [0.25, 0.3) is 11.8 Å². The van der Waals surface area contributed by atoms with Gasteiger partial charge in [-0.3, -0.25) is 9.59 Å². The van der Waals surface area contributed by atoms with Crippen molar-refractivity contribution in [2.24, 2.45) is 0 Å². The molecule has 160 valence electrons. The van der Waals surface area contributed by atoms with Crippen LogP contribution in [0.3, 0.4) is 0 Å². The Morgan fingerprint density at radius 2 is 2.03 bits per heavy atom. The first kappa shape index (κ1) is 21.3. The van der Waals surface area contributed by atoms with Crippen LogP contribution >= 0.6 is 22.9 Å². The average molecular weight is 457 g/mol. The number of aromatic nitrogens is 2. The van der Waals surface area contributed by atoms with Crippen LogP contribution in [-0.4, -0.2) is 40.1 Å². The van der Waals surface area contributed by atoms with Crippen molar-refractivity contribution in [3.63, 3.8) is 0 Å². The number of benzene rings is 2. The third-order valence-corrected chi connectivity index (χ3v) is 6.19. The Morgan fingerprint density at radius 3 is 2.77 bits per heavy atom. The van der Waals surface area contributed by atoms with Gasteiger partial charge in [-0.15, -0.1) is 10.2 Å². The largest absolute Gasteiger partial charge is 0.494 e. The Kier molecular flexibility index (Phi) is 6.48. The molecule has 1 fully saturated rings. The number of hydrogen-bond donors (Lipinski definition) is 1. The molecule has 2 amide bonds. The predicted octanol–water partition coefficient (Wildman–Crippen LogP) is 4.82. The summed E-state index contributed by atoms with van der Waals surface area (Å²) in [7, 11) is 0. The summed E-state index contributed by atoms with van der Waals surface area (Å²) >= 11 is 7.17. The normalized spacial score (nSPS) is 15.7. The number of nitrogens with one attached hydrogen (secondary N) is 1. The van der Waals surface area contributed by atoms with Gasteiger partial charge in [0, 0.05) is 22.8 Å². The van der Waals surface area contributed by atoms with E-state index in [9.17, 15) is 9.59 Å². The summed E-state index contributed by atoms with van der Waals surface area (Å²) in [6.45, 7) is 3.13. The third kappa shape index (κ3) is 4.86. The van der Waals surface area contributed by atoms with Crippen LogP contribution in [0.1, 0.15) is 51.0 Å². The minimum absolute atomic E-state index is 0.0642. The number of hydrogen-bond acceptors (Lipinski definition) is 6. The Hall–Kier alpha value is -2.97. The molecule has 1 aromatic heterocycles. The van der Waals surface area contributed by atoms with E-state index in [1.165, 1.54) is 11.3 Å². The van der Waals surface area contributed by atoms with Gasteiger partial charge < -0.3 is 15.0 Å². The summed E-state index contributed by atoms with van der Waals surface area (Å²) < 4.78 is 5.44. The molecule has 0 saturated carbocycles. The zero-order valence-electron chi connectivity index (χ0n) is 16.9. The molecule has 0 aliphatic carbocycles. The highest BCUT2D eigenvalue weighted by atomic mass is 35.5. The second-order valence-electron chi connectivity index (χ2n) is 7.02. The van der Waals surface area contributed by atoms with Crippen LogP contribution in [0, 0.1) is 0 Å². The fraction of sp³-hybridized carbons (Fsp3) is 0.273. The summed E-state index contributed by atoms with van der Waals surface area (Å²) in [5.74, 6) is 0.315. The van der Waals surface area contributed by atoms with Crippen LogP contribution in [0.5, 0.6) is 5.75 Å². The van der Waals surface area contributed by atoms with E-state index < -0.39 is 0 Å².